The van der Waals surface area contributed by atoms with Crippen LogP contribution in [0.25, 0.3) is 0 Å². The summed E-state index contributed by atoms with van der Waals surface area (Å²) < 4.78 is 5.68. The van der Waals surface area contributed by atoms with Gasteiger partial charge >= 0.3 is 0 Å². The van der Waals surface area contributed by atoms with Crippen molar-refractivity contribution < 1.29 is 4.74 Å². The molecular weight excluding hydrogens is 224 g/mol. The minimum atomic E-state index is 0.540. The molecule has 0 bridgehead atoms. The van der Waals surface area contributed by atoms with E-state index in [1.54, 1.807) is 0 Å². The van der Waals surface area contributed by atoms with Gasteiger partial charge in [-0.25, -0.2) is 0 Å². The molecular formula is C15H30N2O. The van der Waals surface area contributed by atoms with E-state index in [0.717, 1.165) is 18.6 Å². The van der Waals surface area contributed by atoms with Crippen molar-refractivity contribution in [1.29, 1.82) is 0 Å². The Bertz CT molecular complexity index is 241. The molecule has 1 saturated carbocycles. The van der Waals surface area contributed by atoms with E-state index in [2.05, 4.69) is 31.0 Å². The molecule has 2 rings (SSSR count). The van der Waals surface area contributed by atoms with Gasteiger partial charge in [-0.1, -0.05) is 20.3 Å². The molecule has 0 amide bonds. The van der Waals surface area contributed by atoms with Gasteiger partial charge in [0.25, 0.3) is 0 Å². The highest BCUT2D eigenvalue weighted by molar-refractivity contribution is 4.91. The zero-order valence-electron chi connectivity index (χ0n) is 12.3. The number of rotatable bonds is 5. The van der Waals surface area contributed by atoms with Gasteiger partial charge in [-0.05, 0) is 45.2 Å². The lowest BCUT2D eigenvalue weighted by Gasteiger charge is -2.43. The van der Waals surface area contributed by atoms with Crippen LogP contribution in [0.1, 0.15) is 46.5 Å². The van der Waals surface area contributed by atoms with E-state index in [4.69, 9.17) is 4.74 Å². The van der Waals surface area contributed by atoms with Gasteiger partial charge in [0.15, 0.2) is 0 Å². The molecule has 0 spiro atoms. The average molecular weight is 254 g/mol. The van der Waals surface area contributed by atoms with Crippen LogP contribution in [0, 0.1) is 5.92 Å². The first kappa shape index (κ1) is 14.3. The zero-order valence-corrected chi connectivity index (χ0v) is 12.3. The molecule has 106 valence electrons. The Balaban J connectivity index is 1.81. The monoisotopic (exact) mass is 254 g/mol. The Morgan fingerprint density at radius 2 is 2.11 bits per heavy atom. The lowest BCUT2D eigenvalue weighted by Crippen LogP contribution is -2.52. The van der Waals surface area contributed by atoms with E-state index in [0.29, 0.717) is 12.1 Å². The van der Waals surface area contributed by atoms with Crippen LogP contribution in [0.2, 0.25) is 0 Å². The summed E-state index contributed by atoms with van der Waals surface area (Å²) in [4.78, 5) is 2.71. The first-order valence-electron chi connectivity index (χ1n) is 7.83. The molecule has 0 aromatic heterocycles. The fourth-order valence-corrected chi connectivity index (χ4v) is 3.18. The Hall–Kier alpha value is -0.120. The van der Waals surface area contributed by atoms with Crippen LogP contribution in [0.4, 0.5) is 0 Å². The summed E-state index contributed by atoms with van der Waals surface area (Å²) in [6.45, 7) is 11.3. The minimum absolute atomic E-state index is 0.540. The quantitative estimate of drug-likeness (QED) is 0.814. The maximum absolute atomic E-state index is 5.68. The third-order valence-electron chi connectivity index (χ3n) is 4.78. The highest BCUT2D eigenvalue weighted by Crippen LogP contribution is 2.29. The number of hydrogen-bond acceptors (Lipinski definition) is 3. The molecule has 3 nitrogen and oxygen atoms in total. The van der Waals surface area contributed by atoms with Gasteiger partial charge in [-0.2, -0.15) is 0 Å². The molecule has 1 saturated heterocycles. The SMILES string of the molecule is CCOC1CC(N2CCCNC(C(C)CC)C2)C1. The summed E-state index contributed by atoms with van der Waals surface area (Å²) in [5.41, 5.74) is 0. The predicted octanol–water partition coefficient (Wildman–Crippen LogP) is 2.26. The summed E-state index contributed by atoms with van der Waals surface area (Å²) in [5, 5.41) is 3.73. The molecule has 2 fully saturated rings. The smallest absolute Gasteiger partial charge is 0.0604 e. The van der Waals surface area contributed by atoms with E-state index in [-0.39, 0.29) is 0 Å². The molecule has 3 heteroatoms. The van der Waals surface area contributed by atoms with Gasteiger partial charge in [-0.3, -0.25) is 4.90 Å². The van der Waals surface area contributed by atoms with Gasteiger partial charge in [0.05, 0.1) is 6.10 Å². The second-order valence-electron chi connectivity index (χ2n) is 6.00. The molecule has 1 N–H and O–H groups in total. The summed E-state index contributed by atoms with van der Waals surface area (Å²) in [7, 11) is 0. The van der Waals surface area contributed by atoms with Crippen molar-refractivity contribution in [3.05, 3.63) is 0 Å². The van der Waals surface area contributed by atoms with E-state index in [1.807, 2.05) is 0 Å². The summed E-state index contributed by atoms with van der Waals surface area (Å²) in [6.07, 6.45) is 5.61. The molecule has 0 radical (unpaired) electrons. The van der Waals surface area contributed by atoms with Gasteiger partial charge in [-0.15, -0.1) is 0 Å². The lowest BCUT2D eigenvalue weighted by atomic mass is 9.87. The molecule has 1 heterocycles. The topological polar surface area (TPSA) is 24.5 Å². The van der Waals surface area contributed by atoms with Crippen LogP contribution in [-0.2, 0) is 4.74 Å². The zero-order chi connectivity index (χ0) is 13.0. The van der Waals surface area contributed by atoms with E-state index >= 15 is 0 Å². The van der Waals surface area contributed by atoms with Gasteiger partial charge in [0.1, 0.15) is 0 Å². The van der Waals surface area contributed by atoms with Crippen molar-refractivity contribution in [1.82, 2.24) is 10.2 Å². The largest absolute Gasteiger partial charge is 0.378 e. The number of hydrogen-bond donors (Lipinski definition) is 1. The second-order valence-corrected chi connectivity index (χ2v) is 6.00. The third kappa shape index (κ3) is 3.46. The van der Waals surface area contributed by atoms with Crippen LogP contribution in [0.15, 0.2) is 0 Å². The molecule has 2 unspecified atom stereocenters. The summed E-state index contributed by atoms with van der Waals surface area (Å²) in [6, 6.07) is 1.47. The first-order chi connectivity index (χ1) is 8.74. The van der Waals surface area contributed by atoms with Crippen LogP contribution in [0.5, 0.6) is 0 Å². The minimum Gasteiger partial charge on any atom is -0.378 e. The normalized spacial score (nSPS) is 35.8. The second kappa shape index (κ2) is 6.88. The van der Waals surface area contributed by atoms with Crippen LogP contribution in [-0.4, -0.2) is 49.3 Å². The molecule has 0 aromatic carbocycles. The average Bonchev–Trinajstić information content (AvgIpc) is 2.58. The van der Waals surface area contributed by atoms with Crippen LogP contribution < -0.4 is 5.32 Å². The van der Waals surface area contributed by atoms with Crippen molar-refractivity contribution >= 4 is 0 Å². The van der Waals surface area contributed by atoms with Crippen molar-refractivity contribution in [3.63, 3.8) is 0 Å². The fourth-order valence-electron chi connectivity index (χ4n) is 3.18. The predicted molar refractivity (Wildman–Crippen MR) is 75.9 cm³/mol. The van der Waals surface area contributed by atoms with Crippen LogP contribution >= 0.6 is 0 Å². The maximum Gasteiger partial charge on any atom is 0.0604 e. The lowest BCUT2D eigenvalue weighted by molar-refractivity contribution is -0.0474. The first-order valence-corrected chi connectivity index (χ1v) is 7.83. The van der Waals surface area contributed by atoms with E-state index in [1.165, 1.54) is 45.3 Å². The highest BCUT2D eigenvalue weighted by atomic mass is 16.5. The van der Waals surface area contributed by atoms with E-state index < -0.39 is 0 Å². The number of ether oxygens (including phenoxy) is 1. The Labute approximate surface area is 112 Å². The number of nitrogens with zero attached hydrogens (tertiary/aromatic N) is 1. The third-order valence-corrected chi connectivity index (χ3v) is 4.78. The molecule has 0 aromatic rings. The molecule has 1 aliphatic carbocycles. The molecule has 18 heavy (non-hydrogen) atoms. The Morgan fingerprint density at radius 3 is 2.78 bits per heavy atom. The molecule has 1 aliphatic heterocycles. The van der Waals surface area contributed by atoms with E-state index in [9.17, 15) is 0 Å². The Kier molecular flexibility index (Phi) is 5.46. The molecule has 2 aliphatic rings. The molecule has 2 atom stereocenters. The van der Waals surface area contributed by atoms with Gasteiger partial charge in [0, 0.05) is 25.2 Å². The Morgan fingerprint density at radius 1 is 1.33 bits per heavy atom. The summed E-state index contributed by atoms with van der Waals surface area (Å²) >= 11 is 0. The van der Waals surface area contributed by atoms with Gasteiger partial charge < -0.3 is 10.1 Å². The summed E-state index contributed by atoms with van der Waals surface area (Å²) in [5.74, 6) is 0.786. The van der Waals surface area contributed by atoms with Crippen molar-refractivity contribution in [3.8, 4) is 0 Å². The van der Waals surface area contributed by atoms with Crippen LogP contribution in [0.3, 0.4) is 0 Å². The standard InChI is InChI=1S/C15H30N2O/c1-4-12(3)15-11-17(8-6-7-16-15)13-9-14(10-13)18-5-2/h12-16H,4-11H2,1-3H3. The maximum atomic E-state index is 5.68. The van der Waals surface area contributed by atoms with Crippen molar-refractivity contribution in [2.75, 3.05) is 26.2 Å². The van der Waals surface area contributed by atoms with Crippen molar-refractivity contribution in [2.24, 2.45) is 5.92 Å². The van der Waals surface area contributed by atoms with Gasteiger partial charge in [0.2, 0.25) is 0 Å². The highest BCUT2D eigenvalue weighted by Gasteiger charge is 2.35. The van der Waals surface area contributed by atoms with Crippen molar-refractivity contribution in [2.45, 2.75) is 64.6 Å². The number of nitrogens with one attached hydrogen (secondary N) is 1. The fraction of sp³-hybridized carbons (Fsp3) is 1.00.